The van der Waals surface area contributed by atoms with Crippen LogP contribution in [0.4, 0.5) is 0 Å². The van der Waals surface area contributed by atoms with E-state index in [4.69, 9.17) is 19.1 Å². The number of benzene rings is 1. The Bertz CT molecular complexity index is 810. The summed E-state index contributed by atoms with van der Waals surface area (Å²) in [6.07, 6.45) is 3.57. The molecule has 0 atom stereocenters. The van der Waals surface area contributed by atoms with Crippen LogP contribution in [0.25, 0.3) is 11.0 Å². The standard InChI is InChI=1S/C16H17NO6/c1-21-15-12(22-8-13(18)17-20)7-6-10-9-4-2-3-5-11(9)16(19)23-14(10)15/h6-7,20H,2-5,8H2,1H3,(H,17,18). The van der Waals surface area contributed by atoms with Gasteiger partial charge in [-0.15, -0.1) is 0 Å². The predicted molar refractivity (Wildman–Crippen MR) is 81.1 cm³/mol. The molecule has 0 bridgehead atoms. The topological polar surface area (TPSA) is 98.0 Å². The van der Waals surface area contributed by atoms with Gasteiger partial charge in [-0.05, 0) is 43.4 Å². The van der Waals surface area contributed by atoms with E-state index >= 15 is 0 Å². The monoisotopic (exact) mass is 319 g/mol. The Balaban J connectivity index is 2.12. The molecule has 7 heteroatoms. The fraction of sp³-hybridized carbons (Fsp3) is 0.375. The molecule has 3 rings (SSSR count). The molecular weight excluding hydrogens is 302 g/mol. The molecule has 1 aliphatic rings. The van der Waals surface area contributed by atoms with Crippen molar-refractivity contribution in [1.82, 2.24) is 5.48 Å². The molecule has 2 aromatic rings. The van der Waals surface area contributed by atoms with Gasteiger partial charge in [-0.2, -0.15) is 0 Å². The zero-order valence-electron chi connectivity index (χ0n) is 12.7. The summed E-state index contributed by atoms with van der Waals surface area (Å²) in [7, 11) is 1.44. The lowest BCUT2D eigenvalue weighted by molar-refractivity contribution is -0.131. The molecule has 0 spiro atoms. The molecule has 1 aliphatic carbocycles. The fourth-order valence-corrected chi connectivity index (χ4v) is 2.95. The SMILES string of the molecule is COc1c(OCC(=O)NO)ccc2c3c(c(=O)oc12)CCCC3. The van der Waals surface area contributed by atoms with Crippen molar-refractivity contribution in [3.05, 3.63) is 33.7 Å². The van der Waals surface area contributed by atoms with E-state index in [0.29, 0.717) is 5.58 Å². The maximum atomic E-state index is 12.2. The Labute approximate surface area is 131 Å². The quantitative estimate of drug-likeness (QED) is 0.504. The summed E-state index contributed by atoms with van der Waals surface area (Å²) in [6, 6.07) is 3.47. The molecule has 1 aromatic carbocycles. The lowest BCUT2D eigenvalue weighted by Crippen LogP contribution is -2.25. The first-order chi connectivity index (χ1) is 11.2. The van der Waals surface area contributed by atoms with Crippen LogP contribution in [-0.4, -0.2) is 24.8 Å². The number of fused-ring (bicyclic) bond motifs is 3. The van der Waals surface area contributed by atoms with Crippen molar-refractivity contribution in [2.24, 2.45) is 0 Å². The number of rotatable bonds is 4. The summed E-state index contributed by atoms with van der Waals surface area (Å²) in [6.45, 7) is -0.381. The van der Waals surface area contributed by atoms with Crippen molar-refractivity contribution in [2.45, 2.75) is 25.7 Å². The van der Waals surface area contributed by atoms with Gasteiger partial charge in [0.25, 0.3) is 5.91 Å². The molecule has 1 amide bonds. The number of carbonyl (C=O) groups excluding carboxylic acids is 1. The highest BCUT2D eigenvalue weighted by Gasteiger charge is 2.22. The Morgan fingerprint density at radius 1 is 1.30 bits per heavy atom. The van der Waals surface area contributed by atoms with Gasteiger partial charge in [0, 0.05) is 10.9 Å². The van der Waals surface area contributed by atoms with Gasteiger partial charge in [0.05, 0.1) is 7.11 Å². The number of carbonyl (C=O) groups is 1. The lowest BCUT2D eigenvalue weighted by atomic mass is 9.90. The molecule has 0 aliphatic heterocycles. The van der Waals surface area contributed by atoms with Gasteiger partial charge in [0.2, 0.25) is 5.75 Å². The van der Waals surface area contributed by atoms with E-state index in [0.717, 1.165) is 42.2 Å². The third-order valence-corrected chi connectivity index (χ3v) is 4.00. The van der Waals surface area contributed by atoms with Crippen molar-refractivity contribution in [3.8, 4) is 11.5 Å². The molecule has 122 valence electrons. The van der Waals surface area contributed by atoms with Crippen molar-refractivity contribution >= 4 is 16.9 Å². The third kappa shape index (κ3) is 2.75. The second kappa shape index (κ2) is 6.29. The van der Waals surface area contributed by atoms with E-state index in [1.54, 1.807) is 12.1 Å². The summed E-state index contributed by atoms with van der Waals surface area (Å²) in [5, 5.41) is 9.34. The highest BCUT2D eigenvalue weighted by Crippen LogP contribution is 2.38. The minimum atomic E-state index is -0.695. The smallest absolute Gasteiger partial charge is 0.339 e. The number of ether oxygens (including phenoxy) is 2. The van der Waals surface area contributed by atoms with Crippen LogP contribution in [0.2, 0.25) is 0 Å². The summed E-state index contributed by atoms with van der Waals surface area (Å²) >= 11 is 0. The van der Waals surface area contributed by atoms with Crippen molar-refractivity contribution < 1.29 is 23.9 Å². The second-order valence-electron chi connectivity index (χ2n) is 5.35. The molecular formula is C16H17NO6. The van der Waals surface area contributed by atoms with Gasteiger partial charge in [-0.25, -0.2) is 10.3 Å². The Hall–Kier alpha value is -2.54. The molecule has 0 radical (unpaired) electrons. The number of nitrogens with one attached hydrogen (secondary N) is 1. The third-order valence-electron chi connectivity index (χ3n) is 4.00. The lowest BCUT2D eigenvalue weighted by Gasteiger charge is -2.18. The molecule has 0 saturated heterocycles. The van der Waals surface area contributed by atoms with Gasteiger partial charge in [-0.1, -0.05) is 0 Å². The molecule has 23 heavy (non-hydrogen) atoms. The Kier molecular flexibility index (Phi) is 4.20. The molecule has 7 nitrogen and oxygen atoms in total. The largest absolute Gasteiger partial charge is 0.490 e. The van der Waals surface area contributed by atoms with Gasteiger partial charge in [-0.3, -0.25) is 10.0 Å². The fourth-order valence-electron chi connectivity index (χ4n) is 2.95. The van der Waals surface area contributed by atoms with E-state index in [-0.39, 0.29) is 23.7 Å². The van der Waals surface area contributed by atoms with Crippen LogP contribution < -0.4 is 20.6 Å². The van der Waals surface area contributed by atoms with Crippen LogP contribution in [0.15, 0.2) is 21.3 Å². The molecule has 1 aromatic heterocycles. The van der Waals surface area contributed by atoms with E-state index < -0.39 is 5.91 Å². The predicted octanol–water partition coefficient (Wildman–Crippen LogP) is 1.56. The first-order valence-corrected chi connectivity index (χ1v) is 7.37. The van der Waals surface area contributed by atoms with Crippen LogP contribution >= 0.6 is 0 Å². The summed E-state index contributed by atoms with van der Waals surface area (Å²) in [5.74, 6) is -0.166. The zero-order valence-corrected chi connectivity index (χ0v) is 12.7. The van der Waals surface area contributed by atoms with Gasteiger partial charge >= 0.3 is 5.63 Å². The van der Waals surface area contributed by atoms with Gasteiger partial charge < -0.3 is 13.9 Å². The average Bonchev–Trinajstić information content (AvgIpc) is 2.59. The summed E-state index contributed by atoms with van der Waals surface area (Å²) in [4.78, 5) is 23.3. The van der Waals surface area contributed by atoms with Crippen LogP contribution in [0, 0.1) is 0 Å². The van der Waals surface area contributed by atoms with Crippen molar-refractivity contribution in [3.63, 3.8) is 0 Å². The van der Waals surface area contributed by atoms with E-state index in [9.17, 15) is 9.59 Å². The number of amides is 1. The van der Waals surface area contributed by atoms with Crippen LogP contribution in [0.3, 0.4) is 0 Å². The minimum absolute atomic E-state index is 0.263. The van der Waals surface area contributed by atoms with E-state index in [1.165, 1.54) is 12.6 Å². The maximum absolute atomic E-state index is 12.2. The van der Waals surface area contributed by atoms with E-state index in [2.05, 4.69) is 0 Å². The number of hydrogen-bond donors (Lipinski definition) is 2. The highest BCUT2D eigenvalue weighted by molar-refractivity contribution is 5.89. The molecule has 2 N–H and O–H groups in total. The van der Waals surface area contributed by atoms with Crippen molar-refractivity contribution in [1.29, 1.82) is 0 Å². The van der Waals surface area contributed by atoms with Crippen LogP contribution in [0.5, 0.6) is 11.5 Å². The number of methoxy groups -OCH3 is 1. The molecule has 1 heterocycles. The normalized spacial score (nSPS) is 13.5. The second-order valence-corrected chi connectivity index (χ2v) is 5.35. The zero-order chi connectivity index (χ0) is 16.4. The summed E-state index contributed by atoms with van der Waals surface area (Å²) in [5.41, 5.74) is 3.19. The van der Waals surface area contributed by atoms with Crippen molar-refractivity contribution in [2.75, 3.05) is 13.7 Å². The number of hydroxylamine groups is 1. The van der Waals surface area contributed by atoms with Crippen LogP contribution in [-0.2, 0) is 17.6 Å². The van der Waals surface area contributed by atoms with Gasteiger partial charge in [0.1, 0.15) is 0 Å². The first-order valence-electron chi connectivity index (χ1n) is 7.37. The summed E-state index contributed by atoms with van der Waals surface area (Å²) < 4.78 is 16.1. The maximum Gasteiger partial charge on any atom is 0.339 e. The first kappa shape index (κ1) is 15.4. The number of aryl methyl sites for hydroxylation is 1. The Morgan fingerprint density at radius 3 is 2.74 bits per heavy atom. The molecule has 0 fully saturated rings. The van der Waals surface area contributed by atoms with Crippen LogP contribution in [0.1, 0.15) is 24.0 Å². The Morgan fingerprint density at radius 2 is 2.04 bits per heavy atom. The highest BCUT2D eigenvalue weighted by atomic mass is 16.5. The van der Waals surface area contributed by atoms with E-state index in [1.807, 2.05) is 0 Å². The molecule has 0 unspecified atom stereocenters. The average molecular weight is 319 g/mol. The number of hydrogen-bond acceptors (Lipinski definition) is 6. The minimum Gasteiger partial charge on any atom is -0.490 e. The van der Waals surface area contributed by atoms with Gasteiger partial charge in [0.15, 0.2) is 17.9 Å². The molecule has 0 saturated carbocycles.